The van der Waals surface area contributed by atoms with Crippen LogP contribution in [0.2, 0.25) is 0 Å². The fourth-order valence-electron chi connectivity index (χ4n) is 3.55. The Labute approximate surface area is 132 Å². The molecule has 4 heteroatoms. The van der Waals surface area contributed by atoms with Crippen LogP contribution in [0, 0.1) is 0 Å². The monoisotopic (exact) mass is 303 g/mol. The zero-order chi connectivity index (χ0) is 14.7. The molecule has 1 aromatic heterocycles. The molecular weight excluding hydrogens is 278 g/mol. The summed E-state index contributed by atoms with van der Waals surface area (Å²) >= 11 is 5.25. The molecule has 0 amide bonds. The second kappa shape index (κ2) is 6.73. The van der Waals surface area contributed by atoms with Crippen LogP contribution in [0.3, 0.4) is 0 Å². The highest BCUT2D eigenvalue weighted by molar-refractivity contribution is 7.80. The molecule has 3 nitrogen and oxygen atoms in total. The molecule has 0 radical (unpaired) electrons. The first-order valence-corrected chi connectivity index (χ1v) is 8.74. The molecule has 1 fully saturated rings. The van der Waals surface area contributed by atoms with Crippen LogP contribution in [0.5, 0.6) is 0 Å². The molecule has 2 aliphatic carbocycles. The molecule has 0 spiro atoms. The molecule has 3 N–H and O–H groups in total. The van der Waals surface area contributed by atoms with Crippen LogP contribution in [0.25, 0.3) is 0 Å². The molecule has 3 rings (SSSR count). The van der Waals surface area contributed by atoms with Gasteiger partial charge in [0.25, 0.3) is 0 Å². The molecule has 1 aromatic rings. The van der Waals surface area contributed by atoms with Crippen LogP contribution in [0.15, 0.2) is 6.07 Å². The van der Waals surface area contributed by atoms with Crippen molar-refractivity contribution in [3.8, 4) is 0 Å². The first-order valence-electron chi connectivity index (χ1n) is 8.33. The molecule has 0 aliphatic heterocycles. The topological polar surface area (TPSA) is 50.9 Å². The van der Waals surface area contributed by atoms with Gasteiger partial charge in [-0.1, -0.05) is 37.9 Å². The fourth-order valence-corrected chi connectivity index (χ4v) is 3.70. The van der Waals surface area contributed by atoms with E-state index in [1.807, 2.05) is 0 Å². The van der Waals surface area contributed by atoms with Crippen molar-refractivity contribution in [2.75, 3.05) is 5.32 Å². The third kappa shape index (κ3) is 3.54. The van der Waals surface area contributed by atoms with Crippen LogP contribution in [0.1, 0.15) is 68.2 Å². The van der Waals surface area contributed by atoms with Crippen molar-refractivity contribution in [3.63, 3.8) is 0 Å². The molecule has 0 unspecified atom stereocenters. The largest absolute Gasteiger partial charge is 0.389 e. The summed E-state index contributed by atoms with van der Waals surface area (Å²) in [7, 11) is 0. The Hall–Kier alpha value is -1.16. The third-order valence-electron chi connectivity index (χ3n) is 4.76. The molecule has 2 aliphatic rings. The number of fused-ring (bicyclic) bond motifs is 1. The molecule has 0 bridgehead atoms. The van der Waals surface area contributed by atoms with Crippen molar-refractivity contribution in [2.24, 2.45) is 5.73 Å². The Bertz CT molecular complexity index is 519. The van der Waals surface area contributed by atoms with Gasteiger partial charge >= 0.3 is 0 Å². The van der Waals surface area contributed by atoms with Gasteiger partial charge < -0.3 is 11.1 Å². The minimum absolute atomic E-state index is 0.465. The van der Waals surface area contributed by atoms with E-state index in [2.05, 4.69) is 11.4 Å². The second-order valence-corrected chi connectivity index (χ2v) is 6.83. The minimum Gasteiger partial charge on any atom is -0.389 e. The van der Waals surface area contributed by atoms with Crippen molar-refractivity contribution in [1.82, 2.24) is 4.98 Å². The highest BCUT2D eigenvalue weighted by Crippen LogP contribution is 2.27. The zero-order valence-corrected chi connectivity index (χ0v) is 13.5. The lowest BCUT2D eigenvalue weighted by atomic mass is 9.94. The summed E-state index contributed by atoms with van der Waals surface area (Å²) in [6.45, 7) is 0. The van der Waals surface area contributed by atoms with E-state index in [9.17, 15) is 0 Å². The maximum atomic E-state index is 5.94. The molecule has 0 saturated heterocycles. The molecule has 1 saturated carbocycles. The Morgan fingerprint density at radius 3 is 2.52 bits per heavy atom. The van der Waals surface area contributed by atoms with Crippen molar-refractivity contribution in [2.45, 2.75) is 70.3 Å². The number of anilines is 1. The zero-order valence-electron chi connectivity index (χ0n) is 12.7. The number of nitrogens with zero attached hydrogens (tertiary/aromatic N) is 1. The van der Waals surface area contributed by atoms with Crippen molar-refractivity contribution < 1.29 is 0 Å². The lowest BCUT2D eigenvalue weighted by molar-refractivity contribution is 0.614. The first kappa shape index (κ1) is 14.8. The Balaban J connectivity index is 1.86. The van der Waals surface area contributed by atoms with Gasteiger partial charge in [0.05, 0.1) is 5.56 Å². The van der Waals surface area contributed by atoms with Gasteiger partial charge in [-0.2, -0.15) is 0 Å². The van der Waals surface area contributed by atoms with Crippen molar-refractivity contribution in [1.29, 1.82) is 0 Å². The van der Waals surface area contributed by atoms with E-state index in [1.54, 1.807) is 0 Å². The number of nitrogens with one attached hydrogen (secondary N) is 1. The third-order valence-corrected chi connectivity index (χ3v) is 4.98. The van der Waals surface area contributed by atoms with E-state index in [4.69, 9.17) is 22.9 Å². The molecule has 0 atom stereocenters. The second-order valence-electron chi connectivity index (χ2n) is 6.39. The highest BCUT2D eigenvalue weighted by atomic mass is 32.1. The van der Waals surface area contributed by atoms with Gasteiger partial charge in [-0.25, -0.2) is 4.98 Å². The van der Waals surface area contributed by atoms with E-state index in [0.717, 1.165) is 24.2 Å². The Morgan fingerprint density at radius 1 is 1.10 bits per heavy atom. The van der Waals surface area contributed by atoms with E-state index in [1.165, 1.54) is 62.6 Å². The number of hydrogen-bond acceptors (Lipinski definition) is 3. The van der Waals surface area contributed by atoms with Gasteiger partial charge in [0.15, 0.2) is 0 Å². The van der Waals surface area contributed by atoms with Gasteiger partial charge in [0, 0.05) is 11.7 Å². The summed E-state index contributed by atoms with van der Waals surface area (Å²) in [4.78, 5) is 5.35. The average molecular weight is 303 g/mol. The van der Waals surface area contributed by atoms with Crippen LogP contribution in [-0.4, -0.2) is 16.0 Å². The van der Waals surface area contributed by atoms with Crippen LogP contribution < -0.4 is 11.1 Å². The number of pyridine rings is 1. The maximum Gasteiger partial charge on any atom is 0.136 e. The molecular formula is C17H25N3S. The van der Waals surface area contributed by atoms with Gasteiger partial charge in [-0.3, -0.25) is 0 Å². The van der Waals surface area contributed by atoms with Gasteiger partial charge in [-0.15, -0.1) is 0 Å². The predicted molar refractivity (Wildman–Crippen MR) is 91.9 cm³/mol. The van der Waals surface area contributed by atoms with E-state index < -0.39 is 0 Å². The van der Waals surface area contributed by atoms with E-state index in [0.29, 0.717) is 11.0 Å². The number of rotatable bonds is 3. The SMILES string of the molecule is NC(=S)c1cc2c(nc1NC1CCCCCC1)CCCC2. The number of thiocarbonyl (C=S) groups is 1. The summed E-state index contributed by atoms with van der Waals surface area (Å²) in [5.41, 5.74) is 9.47. The number of hydrogen-bond donors (Lipinski definition) is 2. The summed E-state index contributed by atoms with van der Waals surface area (Å²) in [6, 6.07) is 2.71. The first-order chi connectivity index (χ1) is 10.2. The molecule has 0 aromatic carbocycles. The minimum atomic E-state index is 0.465. The van der Waals surface area contributed by atoms with Crippen LogP contribution in [-0.2, 0) is 12.8 Å². The summed E-state index contributed by atoms with van der Waals surface area (Å²) in [5.74, 6) is 0.926. The van der Waals surface area contributed by atoms with E-state index >= 15 is 0 Å². The quantitative estimate of drug-likeness (QED) is 0.660. The lowest BCUT2D eigenvalue weighted by Crippen LogP contribution is -2.24. The number of aryl methyl sites for hydroxylation is 2. The smallest absolute Gasteiger partial charge is 0.136 e. The molecule has 1 heterocycles. The standard InChI is InChI=1S/C17H25N3S/c18-16(21)14-11-12-7-5-6-10-15(12)20-17(14)19-13-8-3-1-2-4-9-13/h11,13H,1-10H2,(H2,18,21)(H,19,20). The summed E-state index contributed by atoms with van der Waals surface area (Å²) < 4.78 is 0. The van der Waals surface area contributed by atoms with E-state index in [-0.39, 0.29) is 0 Å². The number of nitrogens with two attached hydrogens (primary N) is 1. The van der Waals surface area contributed by atoms with Crippen LogP contribution >= 0.6 is 12.2 Å². The lowest BCUT2D eigenvalue weighted by Gasteiger charge is -2.22. The highest BCUT2D eigenvalue weighted by Gasteiger charge is 2.19. The Kier molecular flexibility index (Phi) is 4.73. The predicted octanol–water partition coefficient (Wildman–Crippen LogP) is 3.73. The molecule has 21 heavy (non-hydrogen) atoms. The Morgan fingerprint density at radius 2 is 1.81 bits per heavy atom. The summed E-state index contributed by atoms with van der Waals surface area (Å²) in [6.07, 6.45) is 12.5. The fraction of sp³-hybridized carbons (Fsp3) is 0.647. The van der Waals surface area contributed by atoms with Crippen LogP contribution in [0.4, 0.5) is 5.82 Å². The van der Waals surface area contributed by atoms with Gasteiger partial charge in [0.2, 0.25) is 0 Å². The number of aromatic nitrogens is 1. The normalized spacial score (nSPS) is 19.6. The molecule has 114 valence electrons. The van der Waals surface area contributed by atoms with Gasteiger partial charge in [-0.05, 0) is 50.2 Å². The van der Waals surface area contributed by atoms with Crippen molar-refractivity contribution in [3.05, 3.63) is 22.9 Å². The van der Waals surface area contributed by atoms with Gasteiger partial charge in [0.1, 0.15) is 10.8 Å². The maximum absolute atomic E-state index is 5.94. The average Bonchev–Trinajstić information content (AvgIpc) is 2.75. The summed E-state index contributed by atoms with van der Waals surface area (Å²) in [5, 5.41) is 3.64. The van der Waals surface area contributed by atoms with Crippen molar-refractivity contribution >= 4 is 23.0 Å².